The van der Waals surface area contributed by atoms with Crippen molar-refractivity contribution in [2.75, 3.05) is 40.0 Å². The molecule has 2 aliphatic rings. The number of β-amino-alcohol motifs (C(OH)–C–C–N with tert-alkyl or cyclic N) is 1. The van der Waals surface area contributed by atoms with Crippen LogP contribution >= 0.6 is 0 Å². The van der Waals surface area contributed by atoms with Gasteiger partial charge in [0, 0.05) is 56.7 Å². The van der Waals surface area contributed by atoms with Gasteiger partial charge in [0.25, 0.3) is 0 Å². The van der Waals surface area contributed by atoms with Crippen molar-refractivity contribution in [1.82, 2.24) is 14.3 Å². The van der Waals surface area contributed by atoms with Crippen molar-refractivity contribution in [3.63, 3.8) is 0 Å². The Kier molecular flexibility index (Phi) is 9.64. The van der Waals surface area contributed by atoms with E-state index in [1.165, 1.54) is 13.2 Å². The molecular weight excluding hydrogens is 583 g/mol. The predicted molar refractivity (Wildman–Crippen MR) is 153 cm³/mol. The Morgan fingerprint density at radius 1 is 1.16 bits per heavy atom. The van der Waals surface area contributed by atoms with Gasteiger partial charge in [0.1, 0.15) is 41.2 Å². The summed E-state index contributed by atoms with van der Waals surface area (Å²) in [5.74, 6) is -0.561. The molecule has 1 aliphatic heterocycles. The largest absolute Gasteiger partial charge is 0.496 e. The number of imidazole rings is 1. The van der Waals surface area contributed by atoms with Gasteiger partial charge in [0.05, 0.1) is 25.6 Å². The summed E-state index contributed by atoms with van der Waals surface area (Å²) >= 11 is 0. The summed E-state index contributed by atoms with van der Waals surface area (Å²) in [6.45, 7) is -0.538. The highest BCUT2D eigenvalue weighted by Crippen LogP contribution is 2.40. The summed E-state index contributed by atoms with van der Waals surface area (Å²) in [6, 6.07) is 6.32. The van der Waals surface area contributed by atoms with Crippen molar-refractivity contribution in [2.45, 2.75) is 57.4 Å². The predicted octanol–water partition coefficient (Wildman–Crippen LogP) is 4.70. The average Bonchev–Trinajstić information content (AvgIpc) is 3.71. The molecule has 1 atom stereocenters. The molecule has 0 radical (unpaired) electrons. The van der Waals surface area contributed by atoms with E-state index in [-0.39, 0.29) is 67.8 Å². The van der Waals surface area contributed by atoms with Gasteiger partial charge >= 0.3 is 12.6 Å². The number of hydrogen-bond acceptors (Lipinski definition) is 9. The van der Waals surface area contributed by atoms with E-state index >= 15 is 0 Å². The van der Waals surface area contributed by atoms with Crippen LogP contribution < -0.4 is 14.2 Å². The van der Waals surface area contributed by atoms with Crippen LogP contribution in [0.15, 0.2) is 36.7 Å². The van der Waals surface area contributed by atoms with Gasteiger partial charge < -0.3 is 29.0 Å². The fraction of sp³-hybridized carbons (Fsp3) is 0.516. The van der Waals surface area contributed by atoms with Gasteiger partial charge in [-0.2, -0.15) is 8.78 Å². The molecule has 5 rings (SSSR count). The highest BCUT2D eigenvalue weighted by Gasteiger charge is 2.43. The summed E-state index contributed by atoms with van der Waals surface area (Å²) in [6.07, 6.45) is 4.49. The van der Waals surface area contributed by atoms with Gasteiger partial charge in [-0.1, -0.05) is 0 Å². The first-order chi connectivity index (χ1) is 21.1. The highest BCUT2D eigenvalue weighted by molar-refractivity contribution is 6.02. The number of alkyl halides is 3. The Balaban J connectivity index is 1.25. The van der Waals surface area contributed by atoms with E-state index in [0.717, 1.165) is 12.8 Å². The van der Waals surface area contributed by atoms with Crippen molar-refractivity contribution in [2.24, 2.45) is 5.92 Å². The number of fused-ring (bicyclic) bond motifs is 1. The minimum absolute atomic E-state index is 0.000573. The van der Waals surface area contributed by atoms with Gasteiger partial charge in [-0.25, -0.2) is 14.2 Å². The topological polar surface area (TPSA) is 112 Å². The molecule has 238 valence electrons. The number of Topliss-reactive ketones (excluding diaryl/α,β-unsaturated/α-hetero) is 1. The smallest absolute Gasteiger partial charge is 0.387 e. The first-order valence-electron chi connectivity index (χ1n) is 14.7. The summed E-state index contributed by atoms with van der Waals surface area (Å²) in [5.41, 5.74) is -0.504. The summed E-state index contributed by atoms with van der Waals surface area (Å²) in [5, 5.41) is 10.5. The first kappa shape index (κ1) is 31.6. The Labute approximate surface area is 252 Å². The molecule has 3 heterocycles. The number of methoxy groups -OCH3 is 1. The number of esters is 1. The monoisotopic (exact) mass is 619 g/mol. The van der Waals surface area contributed by atoms with Crippen LogP contribution in [-0.4, -0.2) is 89.5 Å². The first-order valence-corrected chi connectivity index (χ1v) is 14.7. The summed E-state index contributed by atoms with van der Waals surface area (Å²) < 4.78 is 64.0. The molecule has 1 aliphatic carbocycles. The number of likely N-dealkylation sites (tertiary alicyclic amines) is 1. The fourth-order valence-electron chi connectivity index (χ4n) is 5.41. The van der Waals surface area contributed by atoms with Crippen LogP contribution in [0.4, 0.5) is 13.2 Å². The number of ketones is 1. The Bertz CT molecular complexity index is 1490. The Morgan fingerprint density at radius 2 is 1.89 bits per heavy atom. The number of ether oxygens (including phenoxy) is 4. The zero-order valence-corrected chi connectivity index (χ0v) is 24.6. The molecule has 44 heavy (non-hydrogen) atoms. The van der Waals surface area contributed by atoms with Gasteiger partial charge in [-0.05, 0) is 43.9 Å². The highest BCUT2D eigenvalue weighted by atomic mass is 19.3. The standard InChI is InChI=1S/C31H36F3N3O7/c1-3-42-29(40)31(34)7-10-36(11-8-31)17-21(38)18-43-22-6-9-37-23(16-35-27(37)15-22)20-13-25(41-2)28(24(39)12-19-4-5-19)26(14-20)44-30(32)33/h6,9,13-16,19,21,30,38H,3-5,7-8,10-12,17-18H2,1-2H3. The minimum atomic E-state index is -3.13. The van der Waals surface area contributed by atoms with E-state index in [1.807, 2.05) is 4.90 Å². The second-order valence-electron chi connectivity index (χ2n) is 11.2. The maximum Gasteiger partial charge on any atom is 0.387 e. The average molecular weight is 620 g/mol. The zero-order chi connectivity index (χ0) is 31.4. The molecule has 2 fully saturated rings. The lowest BCUT2D eigenvalue weighted by Gasteiger charge is -2.35. The molecule has 1 aromatic carbocycles. The third-order valence-corrected chi connectivity index (χ3v) is 7.93. The van der Waals surface area contributed by atoms with Crippen LogP contribution in [0.25, 0.3) is 16.9 Å². The molecule has 1 saturated heterocycles. The lowest BCUT2D eigenvalue weighted by molar-refractivity contribution is -0.161. The lowest BCUT2D eigenvalue weighted by Crippen LogP contribution is -2.49. The number of aromatic nitrogens is 2. The molecule has 13 heteroatoms. The van der Waals surface area contributed by atoms with Gasteiger partial charge in [-0.15, -0.1) is 0 Å². The Morgan fingerprint density at radius 3 is 2.55 bits per heavy atom. The number of aliphatic hydroxyl groups is 1. The van der Waals surface area contributed by atoms with Crippen molar-refractivity contribution in [3.05, 3.63) is 42.2 Å². The van der Waals surface area contributed by atoms with E-state index in [9.17, 15) is 27.9 Å². The number of nitrogens with zero attached hydrogens (tertiary/aromatic N) is 3. The van der Waals surface area contributed by atoms with Crippen LogP contribution in [0.5, 0.6) is 17.2 Å². The van der Waals surface area contributed by atoms with E-state index in [4.69, 9.17) is 18.9 Å². The second-order valence-corrected chi connectivity index (χ2v) is 11.2. The Hall–Kier alpha value is -3.84. The number of piperidine rings is 1. The molecule has 0 bridgehead atoms. The summed E-state index contributed by atoms with van der Waals surface area (Å²) in [4.78, 5) is 31.1. The van der Waals surface area contributed by atoms with Crippen LogP contribution in [0.2, 0.25) is 0 Å². The van der Waals surface area contributed by atoms with Crippen molar-refractivity contribution >= 4 is 17.4 Å². The van der Waals surface area contributed by atoms with E-state index in [1.54, 1.807) is 41.9 Å². The molecule has 10 nitrogen and oxygen atoms in total. The van der Waals surface area contributed by atoms with Crippen LogP contribution in [-0.2, 0) is 9.53 Å². The number of aliphatic hydroxyl groups excluding tert-OH is 1. The van der Waals surface area contributed by atoms with Crippen LogP contribution in [0, 0.1) is 5.92 Å². The number of halogens is 3. The molecule has 1 N–H and O–H groups in total. The SMILES string of the molecule is CCOC(=O)C1(F)CCN(CC(O)COc2ccn3c(-c4cc(OC)c(C(=O)CC5CC5)c(OC(F)F)c4)cnc3c2)CC1. The van der Waals surface area contributed by atoms with Crippen molar-refractivity contribution < 1.29 is 46.8 Å². The van der Waals surface area contributed by atoms with E-state index in [2.05, 4.69) is 4.98 Å². The van der Waals surface area contributed by atoms with E-state index in [0.29, 0.717) is 35.7 Å². The lowest BCUT2D eigenvalue weighted by atomic mass is 9.93. The minimum Gasteiger partial charge on any atom is -0.496 e. The number of carbonyl (C=O) groups is 2. The summed E-state index contributed by atoms with van der Waals surface area (Å²) in [7, 11) is 1.37. The quantitative estimate of drug-likeness (QED) is 0.203. The third kappa shape index (κ3) is 7.27. The molecule has 0 amide bonds. The van der Waals surface area contributed by atoms with Gasteiger partial charge in [-0.3, -0.25) is 9.20 Å². The number of benzene rings is 1. The number of carbonyl (C=O) groups excluding carboxylic acids is 2. The number of rotatable bonds is 14. The number of pyridine rings is 1. The van der Waals surface area contributed by atoms with Crippen LogP contribution in [0.1, 0.15) is 49.4 Å². The van der Waals surface area contributed by atoms with Gasteiger partial charge in [0.15, 0.2) is 5.78 Å². The maximum absolute atomic E-state index is 14.8. The molecule has 2 aromatic heterocycles. The third-order valence-electron chi connectivity index (χ3n) is 7.93. The molecule has 1 unspecified atom stereocenters. The van der Waals surface area contributed by atoms with Gasteiger partial charge in [0.2, 0.25) is 5.67 Å². The van der Waals surface area contributed by atoms with Crippen molar-refractivity contribution in [3.8, 4) is 28.5 Å². The molecule has 1 saturated carbocycles. The van der Waals surface area contributed by atoms with Crippen LogP contribution in [0.3, 0.4) is 0 Å². The normalized spacial score (nSPS) is 17.4. The fourth-order valence-corrected chi connectivity index (χ4v) is 5.41. The molecular formula is C31H36F3N3O7. The molecule has 0 spiro atoms. The van der Waals surface area contributed by atoms with Crippen molar-refractivity contribution in [1.29, 1.82) is 0 Å². The zero-order valence-electron chi connectivity index (χ0n) is 24.6. The second kappa shape index (κ2) is 13.4. The molecule has 3 aromatic rings. The maximum atomic E-state index is 14.8. The number of hydrogen-bond donors (Lipinski definition) is 1. The van der Waals surface area contributed by atoms with E-state index < -0.39 is 24.4 Å².